The maximum Gasteiger partial charge on any atom is 0.229 e. The fourth-order valence-electron chi connectivity index (χ4n) is 2.47. The number of benzene rings is 1. The van der Waals surface area contributed by atoms with E-state index in [-0.39, 0.29) is 30.1 Å². The molecule has 0 saturated carbocycles. The van der Waals surface area contributed by atoms with Crippen LogP contribution in [0.1, 0.15) is 39.2 Å². The summed E-state index contributed by atoms with van der Waals surface area (Å²) in [6.07, 6.45) is 1.73. The van der Waals surface area contributed by atoms with E-state index in [1.165, 1.54) is 0 Å². The molecule has 1 aromatic carbocycles. The minimum Gasteiger partial charge on any atom is -0.326 e. The summed E-state index contributed by atoms with van der Waals surface area (Å²) in [5, 5.41) is 9.18. The third-order valence-electron chi connectivity index (χ3n) is 4.14. The highest BCUT2D eigenvalue weighted by molar-refractivity contribution is 5.97. The Labute approximate surface area is 150 Å². The van der Waals surface area contributed by atoms with Crippen molar-refractivity contribution < 1.29 is 9.59 Å². The summed E-state index contributed by atoms with van der Waals surface area (Å²) < 4.78 is 0. The monoisotopic (exact) mass is 353 g/mol. The van der Waals surface area contributed by atoms with Gasteiger partial charge in [0.05, 0.1) is 0 Å². The van der Waals surface area contributed by atoms with Crippen LogP contribution in [0.25, 0.3) is 0 Å². The van der Waals surface area contributed by atoms with Crippen molar-refractivity contribution in [2.45, 2.75) is 40.5 Å². The maximum absolute atomic E-state index is 12.4. The molecule has 1 aliphatic rings. The van der Waals surface area contributed by atoms with Gasteiger partial charge in [0.15, 0.2) is 0 Å². The summed E-state index contributed by atoms with van der Waals surface area (Å²) in [4.78, 5) is 24.5. The van der Waals surface area contributed by atoms with Crippen LogP contribution >= 0.6 is 12.4 Å². The lowest BCUT2D eigenvalue weighted by Gasteiger charge is -2.22. The maximum atomic E-state index is 12.4. The Kier molecular flexibility index (Phi) is 7.24. The van der Waals surface area contributed by atoms with Crippen LogP contribution in [0.3, 0.4) is 0 Å². The highest BCUT2D eigenvalue weighted by Crippen LogP contribution is 2.24. The van der Waals surface area contributed by atoms with Gasteiger partial charge < -0.3 is 16.0 Å². The first-order valence-electron chi connectivity index (χ1n) is 8.21. The zero-order chi connectivity index (χ0) is 17.0. The molecule has 134 valence electrons. The molecule has 0 unspecified atom stereocenters. The van der Waals surface area contributed by atoms with E-state index < -0.39 is 5.41 Å². The SMILES string of the molecule is Cc1ccc(NC(=O)C(C)(C)C)cc1NC(=O)C1CCNCC1.Cl. The zero-order valence-electron chi connectivity index (χ0n) is 14.9. The summed E-state index contributed by atoms with van der Waals surface area (Å²) in [7, 11) is 0. The second kappa shape index (κ2) is 8.49. The molecule has 5 nitrogen and oxygen atoms in total. The minimum atomic E-state index is -0.455. The van der Waals surface area contributed by atoms with Crippen molar-refractivity contribution in [2.75, 3.05) is 23.7 Å². The average molecular weight is 354 g/mol. The molecule has 24 heavy (non-hydrogen) atoms. The quantitative estimate of drug-likeness (QED) is 0.780. The highest BCUT2D eigenvalue weighted by Gasteiger charge is 2.23. The van der Waals surface area contributed by atoms with Crippen molar-refractivity contribution in [1.82, 2.24) is 5.32 Å². The van der Waals surface area contributed by atoms with Crippen molar-refractivity contribution in [3.8, 4) is 0 Å². The van der Waals surface area contributed by atoms with Gasteiger partial charge in [-0.3, -0.25) is 9.59 Å². The standard InChI is InChI=1S/C18H27N3O2.ClH/c1-12-5-6-14(20-17(23)18(2,3)4)11-15(12)21-16(22)13-7-9-19-10-8-13;/h5-6,11,13,19H,7-10H2,1-4H3,(H,20,23)(H,21,22);1H. The first-order chi connectivity index (χ1) is 10.8. The Hall–Kier alpha value is -1.59. The molecule has 1 heterocycles. The summed E-state index contributed by atoms with van der Waals surface area (Å²) in [5.74, 6) is 0.0781. The van der Waals surface area contributed by atoms with E-state index >= 15 is 0 Å². The number of hydrogen-bond donors (Lipinski definition) is 3. The predicted octanol–water partition coefficient (Wildman–Crippen LogP) is 3.34. The van der Waals surface area contributed by atoms with E-state index in [2.05, 4.69) is 16.0 Å². The molecule has 2 amide bonds. The van der Waals surface area contributed by atoms with Crippen LogP contribution in [0.15, 0.2) is 18.2 Å². The molecule has 0 bridgehead atoms. The topological polar surface area (TPSA) is 70.2 Å². The molecule has 0 radical (unpaired) electrons. The lowest BCUT2D eigenvalue weighted by Crippen LogP contribution is -2.34. The van der Waals surface area contributed by atoms with Gasteiger partial charge in [0.25, 0.3) is 0 Å². The number of halogens is 1. The molecule has 1 saturated heterocycles. The van der Waals surface area contributed by atoms with Crippen LogP contribution in [0.5, 0.6) is 0 Å². The third-order valence-corrected chi connectivity index (χ3v) is 4.14. The van der Waals surface area contributed by atoms with Crippen LogP contribution in [-0.2, 0) is 9.59 Å². The summed E-state index contributed by atoms with van der Waals surface area (Å²) in [6, 6.07) is 5.60. The fourth-order valence-corrected chi connectivity index (χ4v) is 2.47. The molecule has 6 heteroatoms. The second-order valence-electron chi connectivity index (χ2n) is 7.25. The van der Waals surface area contributed by atoms with Gasteiger partial charge in [-0.25, -0.2) is 0 Å². The number of nitrogens with one attached hydrogen (secondary N) is 3. The van der Waals surface area contributed by atoms with Crippen molar-refractivity contribution in [1.29, 1.82) is 0 Å². The Bertz CT molecular complexity index is 590. The number of amides is 2. The van der Waals surface area contributed by atoms with Crippen LogP contribution in [0.4, 0.5) is 11.4 Å². The van der Waals surface area contributed by atoms with Crippen molar-refractivity contribution in [3.63, 3.8) is 0 Å². The first-order valence-corrected chi connectivity index (χ1v) is 8.21. The van der Waals surface area contributed by atoms with Gasteiger partial charge in [-0.1, -0.05) is 26.8 Å². The Morgan fingerprint density at radius 2 is 1.75 bits per heavy atom. The van der Waals surface area contributed by atoms with E-state index in [9.17, 15) is 9.59 Å². The van der Waals surface area contributed by atoms with Crippen LogP contribution in [-0.4, -0.2) is 24.9 Å². The van der Waals surface area contributed by atoms with Crippen LogP contribution in [0, 0.1) is 18.3 Å². The number of piperidine rings is 1. The molecular weight excluding hydrogens is 326 g/mol. The van der Waals surface area contributed by atoms with Gasteiger partial charge >= 0.3 is 0 Å². The fraction of sp³-hybridized carbons (Fsp3) is 0.556. The third kappa shape index (κ3) is 5.49. The second-order valence-corrected chi connectivity index (χ2v) is 7.25. The molecule has 1 fully saturated rings. The smallest absolute Gasteiger partial charge is 0.229 e. The van der Waals surface area contributed by atoms with Crippen LogP contribution in [0.2, 0.25) is 0 Å². The van der Waals surface area contributed by atoms with E-state index in [1.54, 1.807) is 0 Å². The number of carbonyl (C=O) groups excluding carboxylic acids is 2. The van der Waals surface area contributed by atoms with E-state index in [0.29, 0.717) is 5.69 Å². The van der Waals surface area contributed by atoms with Gasteiger partial charge in [0, 0.05) is 22.7 Å². The average Bonchev–Trinajstić information content (AvgIpc) is 2.50. The van der Waals surface area contributed by atoms with E-state index in [1.807, 2.05) is 45.9 Å². The largest absolute Gasteiger partial charge is 0.326 e. The van der Waals surface area contributed by atoms with Gasteiger partial charge in [0.2, 0.25) is 11.8 Å². The zero-order valence-corrected chi connectivity index (χ0v) is 15.7. The number of anilines is 2. The van der Waals surface area contributed by atoms with Gasteiger partial charge in [0.1, 0.15) is 0 Å². The lowest BCUT2D eigenvalue weighted by molar-refractivity contribution is -0.123. The molecular formula is C18H28ClN3O2. The molecule has 0 aliphatic carbocycles. The molecule has 3 N–H and O–H groups in total. The number of carbonyl (C=O) groups is 2. The van der Waals surface area contributed by atoms with Gasteiger partial charge in [-0.2, -0.15) is 0 Å². The van der Waals surface area contributed by atoms with E-state index in [4.69, 9.17) is 0 Å². The van der Waals surface area contributed by atoms with Gasteiger partial charge in [-0.15, -0.1) is 12.4 Å². The van der Waals surface area contributed by atoms with Gasteiger partial charge in [-0.05, 0) is 50.6 Å². The summed E-state index contributed by atoms with van der Waals surface area (Å²) in [6.45, 7) is 9.34. The summed E-state index contributed by atoms with van der Waals surface area (Å²) >= 11 is 0. The van der Waals surface area contributed by atoms with Crippen molar-refractivity contribution in [3.05, 3.63) is 23.8 Å². The summed E-state index contributed by atoms with van der Waals surface area (Å²) in [5.41, 5.74) is 2.00. The minimum absolute atomic E-state index is 0. The Morgan fingerprint density at radius 1 is 1.12 bits per heavy atom. The molecule has 0 aromatic heterocycles. The predicted molar refractivity (Wildman–Crippen MR) is 101 cm³/mol. The van der Waals surface area contributed by atoms with Crippen LogP contribution < -0.4 is 16.0 Å². The Morgan fingerprint density at radius 3 is 2.33 bits per heavy atom. The molecule has 0 atom stereocenters. The molecule has 2 rings (SSSR count). The Balaban J connectivity index is 0.00000288. The number of hydrogen-bond acceptors (Lipinski definition) is 3. The normalized spacial score (nSPS) is 15.3. The lowest BCUT2D eigenvalue weighted by atomic mass is 9.95. The molecule has 0 spiro atoms. The molecule has 1 aromatic rings. The van der Waals surface area contributed by atoms with E-state index in [0.717, 1.165) is 37.2 Å². The number of rotatable bonds is 3. The first kappa shape index (κ1) is 20.5. The van der Waals surface area contributed by atoms with Crippen molar-refractivity contribution in [2.24, 2.45) is 11.3 Å². The van der Waals surface area contributed by atoms with Crippen molar-refractivity contribution >= 4 is 35.6 Å². The highest BCUT2D eigenvalue weighted by atomic mass is 35.5. The number of aryl methyl sites for hydroxylation is 1. The molecule has 1 aliphatic heterocycles.